The normalized spacial score (nSPS) is 18.2. The molecule has 38 heavy (non-hydrogen) atoms. The number of aromatic nitrogens is 2. The van der Waals surface area contributed by atoms with Gasteiger partial charge in [-0.15, -0.1) is 0 Å². The second kappa shape index (κ2) is 9.84. The third-order valence-corrected chi connectivity index (χ3v) is 8.29. The van der Waals surface area contributed by atoms with Gasteiger partial charge in [-0.1, -0.05) is 35.9 Å². The first-order valence-electron chi connectivity index (χ1n) is 13.2. The lowest BCUT2D eigenvalue weighted by atomic mass is 9.96. The Balaban J connectivity index is 1.57. The highest BCUT2D eigenvalue weighted by molar-refractivity contribution is 6.35. The number of benzene rings is 3. The van der Waals surface area contributed by atoms with E-state index in [1.807, 2.05) is 24.3 Å². The molecule has 2 aliphatic rings. The van der Waals surface area contributed by atoms with Crippen LogP contribution < -0.4 is 15.5 Å². The number of nitrogens with two attached hydrogens (primary N) is 1. The van der Waals surface area contributed by atoms with Gasteiger partial charge in [-0.2, -0.15) is 4.98 Å². The summed E-state index contributed by atoms with van der Waals surface area (Å²) < 4.78 is 16.6. The Morgan fingerprint density at radius 2 is 1.92 bits per heavy atom. The Bertz CT molecular complexity index is 1520. The first-order chi connectivity index (χ1) is 18.4. The Morgan fingerprint density at radius 3 is 2.68 bits per heavy atom. The molecule has 6 rings (SSSR count). The molecule has 1 atom stereocenters. The van der Waals surface area contributed by atoms with E-state index in [2.05, 4.69) is 28.8 Å². The Morgan fingerprint density at radius 1 is 1.13 bits per heavy atom. The lowest BCUT2D eigenvalue weighted by Gasteiger charge is -2.43. The fraction of sp³-hybridized carbons (Fsp3) is 0.379. The Hall–Kier alpha value is -3.20. The summed E-state index contributed by atoms with van der Waals surface area (Å²) in [5.41, 5.74) is 6.94. The number of nitrogens with zero attached hydrogens (tertiary/aromatic N) is 5. The highest BCUT2D eigenvalue weighted by Gasteiger charge is 2.34. The van der Waals surface area contributed by atoms with Gasteiger partial charge in [-0.25, -0.2) is 9.37 Å². The van der Waals surface area contributed by atoms with E-state index >= 15 is 4.39 Å². The quantitative estimate of drug-likeness (QED) is 0.359. The van der Waals surface area contributed by atoms with Crippen LogP contribution in [0.4, 0.5) is 16.2 Å². The molecule has 1 aromatic heterocycles. The Labute approximate surface area is 226 Å². The van der Waals surface area contributed by atoms with Gasteiger partial charge in [0.15, 0.2) is 5.82 Å². The summed E-state index contributed by atoms with van der Waals surface area (Å²) in [4.78, 5) is 16.3. The first kappa shape index (κ1) is 25.1. The summed E-state index contributed by atoms with van der Waals surface area (Å²) in [5.74, 6) is 0.780. The van der Waals surface area contributed by atoms with Gasteiger partial charge in [0, 0.05) is 42.7 Å². The molecular formula is C29H32ClFN6O. The molecule has 0 aliphatic carbocycles. The van der Waals surface area contributed by atoms with Gasteiger partial charge in [0.25, 0.3) is 0 Å². The molecule has 2 aliphatic heterocycles. The number of rotatable bonds is 6. The molecule has 0 spiro atoms. The van der Waals surface area contributed by atoms with Crippen LogP contribution in [0.5, 0.6) is 5.75 Å². The Kier molecular flexibility index (Phi) is 6.50. The van der Waals surface area contributed by atoms with Gasteiger partial charge in [0.2, 0.25) is 5.95 Å². The standard InChI is InChI=1S/C29H32ClFN6O/c1-35(2)19-15-36(16-19)29-33-27-23(28(34-29)37-11-5-7-18(37)9-10-32)14-24(30)25(26(27)31)22-13-20(38)12-17-6-3-4-8-21(17)22/h3-4,6,8,12-14,18-19,38H,5,7,9-11,15-16,32H2,1-2H3/t18-/m1/s1. The van der Waals surface area contributed by atoms with Crippen molar-refractivity contribution in [2.24, 2.45) is 5.73 Å². The molecular weight excluding hydrogens is 503 g/mol. The molecule has 198 valence electrons. The van der Waals surface area contributed by atoms with Crippen LogP contribution in [-0.4, -0.2) is 72.3 Å². The monoisotopic (exact) mass is 534 g/mol. The maximum absolute atomic E-state index is 16.6. The molecule has 0 amide bonds. The van der Waals surface area contributed by atoms with Crippen LogP contribution in [0.1, 0.15) is 19.3 Å². The largest absolute Gasteiger partial charge is 0.508 e. The van der Waals surface area contributed by atoms with E-state index < -0.39 is 5.82 Å². The molecule has 4 aromatic rings. The van der Waals surface area contributed by atoms with Crippen molar-refractivity contribution in [1.29, 1.82) is 0 Å². The summed E-state index contributed by atoms with van der Waals surface area (Å²) in [5, 5.41) is 12.9. The van der Waals surface area contributed by atoms with Crippen molar-refractivity contribution in [3.05, 3.63) is 53.3 Å². The molecule has 2 saturated heterocycles. The van der Waals surface area contributed by atoms with Gasteiger partial charge >= 0.3 is 0 Å². The molecule has 3 aromatic carbocycles. The highest BCUT2D eigenvalue weighted by atomic mass is 35.5. The predicted molar refractivity (Wildman–Crippen MR) is 153 cm³/mol. The minimum Gasteiger partial charge on any atom is -0.508 e. The topological polar surface area (TPSA) is 81.8 Å². The van der Waals surface area contributed by atoms with Crippen molar-refractivity contribution in [3.8, 4) is 16.9 Å². The highest BCUT2D eigenvalue weighted by Crippen LogP contribution is 2.43. The van der Waals surface area contributed by atoms with Gasteiger partial charge in [-0.3, -0.25) is 0 Å². The third-order valence-electron chi connectivity index (χ3n) is 7.99. The summed E-state index contributed by atoms with van der Waals surface area (Å²) in [7, 11) is 4.12. The molecule has 3 N–H and O–H groups in total. The number of aromatic hydroxyl groups is 1. The van der Waals surface area contributed by atoms with Crippen LogP contribution in [-0.2, 0) is 0 Å². The van der Waals surface area contributed by atoms with E-state index in [0.29, 0.717) is 35.3 Å². The lowest BCUT2D eigenvalue weighted by molar-refractivity contribution is 0.245. The van der Waals surface area contributed by atoms with Gasteiger partial charge in [-0.05, 0) is 74.4 Å². The van der Waals surface area contributed by atoms with Crippen molar-refractivity contribution in [2.45, 2.75) is 31.3 Å². The summed E-state index contributed by atoms with van der Waals surface area (Å²) in [6.07, 6.45) is 2.90. The minimum absolute atomic E-state index is 0.0512. The fourth-order valence-corrected chi connectivity index (χ4v) is 6.12. The number of phenolic OH excluding ortho intramolecular Hbond substituents is 1. The number of likely N-dealkylation sites (N-methyl/N-ethyl adjacent to an activating group) is 1. The maximum Gasteiger partial charge on any atom is 0.228 e. The third kappa shape index (κ3) is 4.21. The summed E-state index contributed by atoms with van der Waals surface area (Å²) in [6.45, 7) is 2.97. The predicted octanol–water partition coefficient (Wildman–Crippen LogP) is 5.02. The number of anilines is 2. The van der Waals surface area contributed by atoms with Crippen LogP contribution >= 0.6 is 11.6 Å². The molecule has 0 saturated carbocycles. The average Bonchev–Trinajstić information content (AvgIpc) is 3.31. The van der Waals surface area contributed by atoms with Crippen molar-refractivity contribution >= 4 is 45.0 Å². The number of fused-ring (bicyclic) bond motifs is 2. The number of hydrogen-bond donors (Lipinski definition) is 2. The summed E-state index contributed by atoms with van der Waals surface area (Å²) >= 11 is 6.84. The number of phenols is 1. The molecule has 0 radical (unpaired) electrons. The van der Waals surface area contributed by atoms with Crippen molar-refractivity contribution in [3.63, 3.8) is 0 Å². The zero-order chi connectivity index (χ0) is 26.6. The molecule has 0 bridgehead atoms. The van der Waals surface area contributed by atoms with Crippen molar-refractivity contribution in [1.82, 2.24) is 14.9 Å². The molecule has 2 fully saturated rings. The fourth-order valence-electron chi connectivity index (χ4n) is 5.83. The molecule has 0 unspecified atom stereocenters. The van der Waals surface area contributed by atoms with Crippen molar-refractivity contribution in [2.75, 3.05) is 50.1 Å². The smallest absolute Gasteiger partial charge is 0.228 e. The molecule has 9 heteroatoms. The first-order valence-corrected chi connectivity index (χ1v) is 13.5. The van der Waals surface area contributed by atoms with E-state index in [4.69, 9.17) is 27.3 Å². The van der Waals surface area contributed by atoms with Crippen LogP contribution in [0.2, 0.25) is 5.02 Å². The second-order valence-electron chi connectivity index (χ2n) is 10.6. The number of hydrogen-bond acceptors (Lipinski definition) is 7. The van der Waals surface area contributed by atoms with E-state index in [9.17, 15) is 5.11 Å². The maximum atomic E-state index is 16.6. The van der Waals surface area contributed by atoms with Crippen LogP contribution in [0.3, 0.4) is 0 Å². The second-order valence-corrected chi connectivity index (χ2v) is 11.0. The van der Waals surface area contributed by atoms with E-state index in [1.54, 1.807) is 18.2 Å². The summed E-state index contributed by atoms with van der Waals surface area (Å²) in [6, 6.07) is 13.2. The molecule has 3 heterocycles. The zero-order valence-electron chi connectivity index (χ0n) is 21.7. The van der Waals surface area contributed by atoms with E-state index in [-0.39, 0.29) is 27.9 Å². The van der Waals surface area contributed by atoms with Gasteiger partial charge in [0.05, 0.1) is 5.02 Å². The van der Waals surface area contributed by atoms with Gasteiger partial charge in [0.1, 0.15) is 17.1 Å². The minimum atomic E-state index is -0.507. The van der Waals surface area contributed by atoms with Crippen molar-refractivity contribution < 1.29 is 9.50 Å². The van der Waals surface area contributed by atoms with E-state index in [0.717, 1.165) is 49.7 Å². The van der Waals surface area contributed by atoms with Crippen LogP contribution in [0, 0.1) is 5.82 Å². The lowest BCUT2D eigenvalue weighted by Crippen LogP contribution is -2.58. The average molecular weight is 535 g/mol. The zero-order valence-corrected chi connectivity index (χ0v) is 22.4. The SMILES string of the molecule is CN(C)C1CN(c2nc(N3CCC[C@@H]3CCN)c3cc(Cl)c(-c4cc(O)cc5ccccc45)c(F)c3n2)C1. The van der Waals surface area contributed by atoms with Crippen LogP contribution in [0.15, 0.2) is 42.5 Å². The molecule has 7 nitrogen and oxygen atoms in total. The van der Waals surface area contributed by atoms with Gasteiger partial charge < -0.3 is 25.5 Å². The number of halogens is 2. The van der Waals surface area contributed by atoms with Crippen LogP contribution in [0.25, 0.3) is 32.8 Å². The van der Waals surface area contributed by atoms with E-state index in [1.165, 1.54) is 0 Å².